The number of halogens is 1. The largest absolute Gasteiger partial charge is 0.320 e. The van der Waals surface area contributed by atoms with Crippen molar-refractivity contribution in [2.45, 2.75) is 62.3 Å². The molecule has 12 heavy (non-hydrogen) atoms. The van der Waals surface area contributed by atoms with Gasteiger partial charge < -0.3 is 5.73 Å². The summed E-state index contributed by atoms with van der Waals surface area (Å²) in [6.07, 6.45) is 10.9. The van der Waals surface area contributed by atoms with Gasteiger partial charge in [-0.25, -0.2) is 0 Å². The fourth-order valence-corrected chi connectivity index (χ4v) is 1.74. The van der Waals surface area contributed by atoms with Crippen molar-refractivity contribution < 1.29 is 0 Å². The predicted molar refractivity (Wildman–Crippen MR) is 64.6 cm³/mol. The van der Waals surface area contributed by atoms with Crippen molar-refractivity contribution in [3.63, 3.8) is 0 Å². The molecule has 1 nitrogen and oxygen atoms in total. The van der Waals surface area contributed by atoms with E-state index < -0.39 is 0 Å². The molecule has 0 bridgehead atoms. The van der Waals surface area contributed by atoms with E-state index in [0.717, 1.165) is 0 Å². The topological polar surface area (TPSA) is 26.0 Å². The first-order chi connectivity index (χ1) is 5.77. The zero-order valence-corrected chi connectivity index (χ0v) is 10.3. The highest BCUT2D eigenvalue weighted by atomic mass is 127. The van der Waals surface area contributed by atoms with Crippen LogP contribution in [0.15, 0.2) is 0 Å². The molecule has 0 radical (unpaired) electrons. The van der Waals surface area contributed by atoms with Crippen LogP contribution in [-0.4, -0.2) is 4.05 Å². The Balaban J connectivity index is 2.82. The summed E-state index contributed by atoms with van der Waals surface area (Å²) in [6, 6.07) is 0. The van der Waals surface area contributed by atoms with Crippen molar-refractivity contribution in [3.05, 3.63) is 0 Å². The molecule has 2 heteroatoms. The summed E-state index contributed by atoms with van der Waals surface area (Å²) in [7, 11) is 0. The Labute approximate surface area is 90.6 Å². The van der Waals surface area contributed by atoms with Gasteiger partial charge in [-0.15, -0.1) is 0 Å². The second-order valence-corrected chi connectivity index (χ2v) is 5.03. The minimum Gasteiger partial charge on any atom is -0.320 e. The quantitative estimate of drug-likeness (QED) is 0.311. The van der Waals surface area contributed by atoms with Crippen molar-refractivity contribution in [1.29, 1.82) is 0 Å². The molecule has 74 valence electrons. The van der Waals surface area contributed by atoms with Crippen molar-refractivity contribution in [2.75, 3.05) is 0 Å². The van der Waals surface area contributed by atoms with Gasteiger partial charge in [-0.05, 0) is 6.42 Å². The molecule has 0 rings (SSSR count). The fourth-order valence-electron chi connectivity index (χ4n) is 1.30. The van der Waals surface area contributed by atoms with E-state index in [2.05, 4.69) is 29.5 Å². The van der Waals surface area contributed by atoms with Crippen LogP contribution in [0.3, 0.4) is 0 Å². The molecule has 1 atom stereocenters. The summed E-state index contributed by atoms with van der Waals surface area (Å²) in [5, 5.41) is 0. The van der Waals surface area contributed by atoms with Crippen LogP contribution in [0.2, 0.25) is 0 Å². The Morgan fingerprint density at radius 1 is 1.00 bits per heavy atom. The third-order valence-electron chi connectivity index (χ3n) is 2.08. The molecular weight excluding hydrogens is 261 g/mol. The van der Waals surface area contributed by atoms with E-state index >= 15 is 0 Å². The van der Waals surface area contributed by atoms with Crippen LogP contribution in [-0.2, 0) is 0 Å². The summed E-state index contributed by atoms with van der Waals surface area (Å²) >= 11 is 2.29. The third-order valence-corrected chi connectivity index (χ3v) is 2.71. The fraction of sp³-hybridized carbons (Fsp3) is 1.00. The zero-order chi connectivity index (χ0) is 9.23. The lowest BCUT2D eigenvalue weighted by Gasteiger charge is -2.02. The molecular formula is C10H22IN. The molecule has 0 amide bonds. The first kappa shape index (κ1) is 12.7. The van der Waals surface area contributed by atoms with Gasteiger partial charge >= 0.3 is 0 Å². The van der Waals surface area contributed by atoms with Crippen molar-refractivity contribution in [1.82, 2.24) is 0 Å². The summed E-state index contributed by atoms with van der Waals surface area (Å²) in [6.45, 7) is 2.26. The highest BCUT2D eigenvalue weighted by Crippen LogP contribution is 2.10. The first-order valence-corrected chi connectivity index (χ1v) is 6.41. The molecule has 0 aromatic carbocycles. The van der Waals surface area contributed by atoms with Crippen molar-refractivity contribution >= 4 is 22.6 Å². The Morgan fingerprint density at radius 2 is 1.50 bits per heavy atom. The van der Waals surface area contributed by atoms with E-state index in [9.17, 15) is 0 Å². The van der Waals surface area contributed by atoms with Crippen LogP contribution in [0.5, 0.6) is 0 Å². The SMILES string of the molecule is CCCCCCCCCC(N)I. The van der Waals surface area contributed by atoms with Gasteiger partial charge in [0.05, 0.1) is 4.05 Å². The number of hydrogen-bond donors (Lipinski definition) is 1. The monoisotopic (exact) mass is 283 g/mol. The first-order valence-electron chi connectivity index (χ1n) is 5.17. The van der Waals surface area contributed by atoms with Crippen LogP contribution in [0.4, 0.5) is 0 Å². The van der Waals surface area contributed by atoms with Gasteiger partial charge in [0.15, 0.2) is 0 Å². The predicted octanol–water partition coefficient (Wildman–Crippen LogP) is 3.85. The second-order valence-electron chi connectivity index (χ2n) is 3.43. The molecule has 2 N–H and O–H groups in total. The lowest BCUT2D eigenvalue weighted by molar-refractivity contribution is 0.575. The van der Waals surface area contributed by atoms with Gasteiger partial charge in [-0.3, -0.25) is 0 Å². The molecule has 0 fully saturated rings. The Kier molecular flexibility index (Phi) is 10.3. The summed E-state index contributed by atoms with van der Waals surface area (Å²) in [5.41, 5.74) is 5.64. The molecule has 0 aromatic heterocycles. The molecule has 1 unspecified atom stereocenters. The molecule has 0 saturated heterocycles. The molecule has 0 aromatic rings. The summed E-state index contributed by atoms with van der Waals surface area (Å²) < 4.78 is 0.373. The van der Waals surface area contributed by atoms with Gasteiger partial charge in [0, 0.05) is 0 Å². The molecule has 0 spiro atoms. The van der Waals surface area contributed by atoms with E-state index in [1.165, 1.54) is 51.4 Å². The molecule has 0 aliphatic rings. The van der Waals surface area contributed by atoms with Crippen LogP contribution >= 0.6 is 22.6 Å². The lowest BCUT2D eigenvalue weighted by atomic mass is 10.1. The third kappa shape index (κ3) is 10.7. The van der Waals surface area contributed by atoms with Gasteiger partial charge in [-0.2, -0.15) is 0 Å². The number of nitrogens with two attached hydrogens (primary N) is 1. The molecule has 0 saturated carbocycles. The second kappa shape index (κ2) is 9.78. The van der Waals surface area contributed by atoms with Crippen LogP contribution in [0.25, 0.3) is 0 Å². The molecule has 0 heterocycles. The van der Waals surface area contributed by atoms with E-state index in [1.54, 1.807) is 0 Å². The normalized spacial score (nSPS) is 13.2. The molecule has 0 aliphatic heterocycles. The van der Waals surface area contributed by atoms with E-state index in [1.807, 2.05) is 0 Å². The highest BCUT2D eigenvalue weighted by molar-refractivity contribution is 14.1. The standard InChI is InChI=1S/C10H22IN/c1-2-3-4-5-6-7-8-9-10(11)12/h10H,2-9,12H2,1H3. The smallest absolute Gasteiger partial charge is 0.0568 e. The number of rotatable bonds is 8. The zero-order valence-electron chi connectivity index (χ0n) is 8.19. The number of unbranched alkanes of at least 4 members (excludes halogenated alkanes) is 6. The van der Waals surface area contributed by atoms with Gasteiger partial charge in [0.1, 0.15) is 0 Å². The van der Waals surface area contributed by atoms with Gasteiger partial charge in [0.25, 0.3) is 0 Å². The Bertz CT molecular complexity index is 83.9. The minimum atomic E-state index is 0.373. The van der Waals surface area contributed by atoms with Gasteiger partial charge in [-0.1, -0.05) is 74.5 Å². The Hall–Kier alpha value is 0.690. The summed E-state index contributed by atoms with van der Waals surface area (Å²) in [5.74, 6) is 0. The van der Waals surface area contributed by atoms with E-state index in [-0.39, 0.29) is 0 Å². The van der Waals surface area contributed by atoms with Crippen molar-refractivity contribution in [2.24, 2.45) is 5.73 Å². The van der Waals surface area contributed by atoms with Crippen LogP contribution in [0.1, 0.15) is 58.3 Å². The van der Waals surface area contributed by atoms with E-state index in [0.29, 0.717) is 4.05 Å². The lowest BCUT2D eigenvalue weighted by Crippen LogP contribution is -2.09. The average molecular weight is 283 g/mol. The maximum atomic E-state index is 5.64. The van der Waals surface area contributed by atoms with E-state index in [4.69, 9.17) is 5.73 Å². The number of alkyl halides is 1. The maximum absolute atomic E-state index is 5.64. The summed E-state index contributed by atoms with van der Waals surface area (Å²) in [4.78, 5) is 0. The van der Waals surface area contributed by atoms with Crippen LogP contribution in [0, 0.1) is 0 Å². The minimum absolute atomic E-state index is 0.373. The van der Waals surface area contributed by atoms with Gasteiger partial charge in [0.2, 0.25) is 0 Å². The maximum Gasteiger partial charge on any atom is 0.0568 e. The Morgan fingerprint density at radius 3 is 2.00 bits per heavy atom. The highest BCUT2D eigenvalue weighted by Gasteiger charge is 1.95. The average Bonchev–Trinajstić information content (AvgIpc) is 2.02. The number of hydrogen-bond acceptors (Lipinski definition) is 1. The van der Waals surface area contributed by atoms with Crippen LogP contribution < -0.4 is 5.73 Å². The molecule has 0 aliphatic carbocycles. The van der Waals surface area contributed by atoms with Crippen molar-refractivity contribution in [3.8, 4) is 0 Å².